The number of fused-ring (bicyclic) bond motifs is 1. The monoisotopic (exact) mass is 283 g/mol. The normalized spacial score (nSPS) is 12.9. The maximum atomic E-state index is 11.4. The van der Waals surface area contributed by atoms with Gasteiger partial charge in [0.25, 0.3) is 0 Å². The van der Waals surface area contributed by atoms with Crippen molar-refractivity contribution < 1.29 is 9.90 Å². The zero-order chi connectivity index (χ0) is 14.8. The molecule has 5 N–H and O–H groups in total. The number of carbonyl (C=O) groups excluding carboxylic acids is 1. The van der Waals surface area contributed by atoms with Gasteiger partial charge >= 0.3 is 0 Å². The highest BCUT2D eigenvalue weighted by molar-refractivity contribution is 6.00. The Morgan fingerprint density at radius 2 is 2.00 bits per heavy atom. The van der Waals surface area contributed by atoms with E-state index >= 15 is 0 Å². The molecular formula is C16H17N3O2. The van der Waals surface area contributed by atoms with Crippen molar-refractivity contribution in [1.82, 2.24) is 0 Å². The second-order valence-electron chi connectivity index (χ2n) is 5.16. The molecular weight excluding hydrogens is 266 g/mol. The summed E-state index contributed by atoms with van der Waals surface area (Å²) in [6.07, 6.45) is 1.22. The summed E-state index contributed by atoms with van der Waals surface area (Å²) in [5.41, 5.74) is 10.4. The summed E-state index contributed by atoms with van der Waals surface area (Å²) in [4.78, 5) is 11.4. The second-order valence-corrected chi connectivity index (χ2v) is 5.16. The zero-order valence-electron chi connectivity index (χ0n) is 11.5. The van der Waals surface area contributed by atoms with Gasteiger partial charge in [0.15, 0.2) is 0 Å². The molecule has 2 aromatic carbocycles. The van der Waals surface area contributed by atoms with Gasteiger partial charge in [-0.1, -0.05) is 12.1 Å². The number of benzene rings is 2. The minimum atomic E-state index is 0.00523. The Kier molecular flexibility index (Phi) is 3.39. The summed E-state index contributed by atoms with van der Waals surface area (Å²) in [5, 5.41) is 15.3. The highest BCUT2D eigenvalue weighted by Gasteiger charge is 2.19. The lowest BCUT2D eigenvalue weighted by Crippen LogP contribution is -2.07. The average Bonchev–Trinajstić information content (AvgIpc) is 2.80. The summed E-state index contributed by atoms with van der Waals surface area (Å²) in [6, 6.07) is 10.9. The molecule has 108 valence electrons. The number of rotatable bonds is 4. The summed E-state index contributed by atoms with van der Waals surface area (Å²) in [7, 11) is 0. The van der Waals surface area contributed by atoms with Gasteiger partial charge < -0.3 is 21.5 Å². The maximum absolute atomic E-state index is 11.4. The van der Waals surface area contributed by atoms with Gasteiger partial charge in [0.2, 0.25) is 5.91 Å². The zero-order valence-corrected chi connectivity index (χ0v) is 11.5. The van der Waals surface area contributed by atoms with Gasteiger partial charge in [0, 0.05) is 12.2 Å². The number of nitrogen functional groups attached to an aromatic ring is 1. The van der Waals surface area contributed by atoms with E-state index in [0.29, 0.717) is 12.1 Å². The van der Waals surface area contributed by atoms with Gasteiger partial charge in [-0.15, -0.1) is 0 Å². The molecule has 0 aromatic heterocycles. The third-order valence-electron chi connectivity index (χ3n) is 3.57. The van der Waals surface area contributed by atoms with Crippen LogP contribution in [0.2, 0.25) is 0 Å². The van der Waals surface area contributed by atoms with E-state index in [1.807, 2.05) is 24.3 Å². The molecule has 5 heteroatoms. The molecule has 21 heavy (non-hydrogen) atoms. The Morgan fingerprint density at radius 3 is 2.76 bits per heavy atom. The van der Waals surface area contributed by atoms with Crippen molar-refractivity contribution in [2.24, 2.45) is 0 Å². The second kappa shape index (κ2) is 5.36. The van der Waals surface area contributed by atoms with Gasteiger partial charge in [-0.25, -0.2) is 0 Å². The first-order valence-corrected chi connectivity index (χ1v) is 6.86. The molecule has 0 bridgehead atoms. The summed E-state index contributed by atoms with van der Waals surface area (Å²) in [6.45, 7) is 0.724. The standard InChI is InChI=1S/C16H17N3O2/c17-13-7-11-8-16(21)19-14(11)9-15(13)18-6-5-10-1-3-12(20)4-2-10/h1-4,7,9,18,20H,5-6,8,17H2,(H,19,21). The summed E-state index contributed by atoms with van der Waals surface area (Å²) < 4.78 is 0. The first kappa shape index (κ1) is 13.3. The van der Waals surface area contributed by atoms with Gasteiger partial charge in [-0.3, -0.25) is 4.79 Å². The number of hydrogen-bond donors (Lipinski definition) is 4. The van der Waals surface area contributed by atoms with Crippen LogP contribution < -0.4 is 16.4 Å². The third-order valence-corrected chi connectivity index (χ3v) is 3.57. The number of hydrogen-bond acceptors (Lipinski definition) is 4. The van der Waals surface area contributed by atoms with E-state index in [9.17, 15) is 9.90 Å². The highest BCUT2D eigenvalue weighted by Crippen LogP contribution is 2.31. The molecule has 0 saturated carbocycles. The molecule has 0 radical (unpaired) electrons. The molecule has 1 aliphatic rings. The van der Waals surface area contributed by atoms with Crippen molar-refractivity contribution >= 4 is 23.0 Å². The predicted octanol–water partition coefficient (Wildman–Crippen LogP) is 2.12. The fourth-order valence-corrected chi connectivity index (χ4v) is 2.45. The third kappa shape index (κ3) is 2.91. The number of nitrogens with one attached hydrogen (secondary N) is 2. The number of phenols is 1. The molecule has 1 heterocycles. The lowest BCUT2D eigenvalue weighted by molar-refractivity contribution is -0.115. The molecule has 2 aromatic rings. The number of carbonyl (C=O) groups is 1. The quantitative estimate of drug-likeness (QED) is 0.647. The molecule has 1 amide bonds. The fourth-order valence-electron chi connectivity index (χ4n) is 2.45. The molecule has 1 aliphatic heterocycles. The van der Waals surface area contributed by atoms with E-state index < -0.39 is 0 Å². The van der Waals surface area contributed by atoms with Gasteiger partial charge in [-0.2, -0.15) is 0 Å². The van der Waals surface area contributed by atoms with E-state index in [1.165, 1.54) is 0 Å². The molecule has 0 aliphatic carbocycles. The largest absolute Gasteiger partial charge is 0.508 e. The number of phenolic OH excluding ortho intramolecular Hbond substituents is 1. The SMILES string of the molecule is Nc1cc2c(cc1NCCc1ccc(O)cc1)NC(=O)C2. The van der Waals surface area contributed by atoms with E-state index in [0.717, 1.165) is 35.5 Å². The van der Waals surface area contributed by atoms with Crippen LogP contribution in [0.4, 0.5) is 17.1 Å². The predicted molar refractivity (Wildman–Crippen MR) is 83.5 cm³/mol. The fraction of sp³-hybridized carbons (Fsp3) is 0.188. The van der Waals surface area contributed by atoms with E-state index in [2.05, 4.69) is 10.6 Å². The van der Waals surface area contributed by atoms with Crippen LogP contribution in [0.15, 0.2) is 36.4 Å². The molecule has 0 spiro atoms. The number of amides is 1. The van der Waals surface area contributed by atoms with Crippen LogP contribution in [0.3, 0.4) is 0 Å². The van der Waals surface area contributed by atoms with Crippen LogP contribution in [0.25, 0.3) is 0 Å². The van der Waals surface area contributed by atoms with Crippen LogP contribution in [-0.4, -0.2) is 17.6 Å². The highest BCUT2D eigenvalue weighted by atomic mass is 16.3. The van der Waals surface area contributed by atoms with Crippen molar-refractivity contribution in [3.05, 3.63) is 47.5 Å². The lowest BCUT2D eigenvalue weighted by Gasteiger charge is -2.11. The minimum Gasteiger partial charge on any atom is -0.508 e. The van der Waals surface area contributed by atoms with Crippen molar-refractivity contribution in [3.63, 3.8) is 0 Å². The number of aromatic hydroxyl groups is 1. The van der Waals surface area contributed by atoms with Gasteiger partial charge in [-0.05, 0) is 41.8 Å². The van der Waals surface area contributed by atoms with Crippen molar-refractivity contribution in [1.29, 1.82) is 0 Å². The van der Waals surface area contributed by atoms with Crippen LogP contribution in [-0.2, 0) is 17.6 Å². The van der Waals surface area contributed by atoms with Crippen LogP contribution >= 0.6 is 0 Å². The molecule has 0 atom stereocenters. The summed E-state index contributed by atoms with van der Waals surface area (Å²) >= 11 is 0. The van der Waals surface area contributed by atoms with Gasteiger partial charge in [0.1, 0.15) is 5.75 Å². The maximum Gasteiger partial charge on any atom is 0.228 e. The van der Waals surface area contributed by atoms with Crippen LogP contribution in [0.5, 0.6) is 5.75 Å². The Balaban J connectivity index is 1.64. The summed E-state index contributed by atoms with van der Waals surface area (Å²) in [5.74, 6) is 0.274. The number of anilines is 3. The van der Waals surface area contributed by atoms with Crippen LogP contribution in [0, 0.1) is 0 Å². The first-order chi connectivity index (χ1) is 10.1. The molecule has 0 saturated heterocycles. The molecule has 3 rings (SSSR count). The Bertz CT molecular complexity index is 681. The van der Waals surface area contributed by atoms with Crippen molar-refractivity contribution in [2.75, 3.05) is 22.9 Å². The molecule has 5 nitrogen and oxygen atoms in total. The minimum absolute atomic E-state index is 0.00523. The lowest BCUT2D eigenvalue weighted by atomic mass is 10.1. The number of nitrogens with two attached hydrogens (primary N) is 1. The topological polar surface area (TPSA) is 87.4 Å². The van der Waals surface area contributed by atoms with Gasteiger partial charge in [0.05, 0.1) is 17.8 Å². The molecule has 0 fully saturated rings. The van der Waals surface area contributed by atoms with E-state index in [4.69, 9.17) is 5.73 Å². The van der Waals surface area contributed by atoms with Crippen molar-refractivity contribution in [2.45, 2.75) is 12.8 Å². The van der Waals surface area contributed by atoms with E-state index in [-0.39, 0.29) is 11.7 Å². The van der Waals surface area contributed by atoms with Crippen LogP contribution in [0.1, 0.15) is 11.1 Å². The first-order valence-electron chi connectivity index (χ1n) is 6.86. The Morgan fingerprint density at radius 1 is 1.24 bits per heavy atom. The van der Waals surface area contributed by atoms with Crippen molar-refractivity contribution in [3.8, 4) is 5.75 Å². The average molecular weight is 283 g/mol. The molecule has 0 unspecified atom stereocenters. The Labute approximate surface area is 122 Å². The Hall–Kier alpha value is -2.69. The van der Waals surface area contributed by atoms with E-state index in [1.54, 1.807) is 12.1 Å². The smallest absolute Gasteiger partial charge is 0.228 e.